The Morgan fingerprint density at radius 2 is 1.79 bits per heavy atom. The van der Waals surface area contributed by atoms with Gasteiger partial charge in [0.05, 0.1) is 7.11 Å². The van der Waals surface area contributed by atoms with Crippen LogP contribution in [0.25, 0.3) is 0 Å². The van der Waals surface area contributed by atoms with E-state index in [0.717, 1.165) is 5.56 Å². The van der Waals surface area contributed by atoms with Crippen LogP contribution in [0.4, 0.5) is 0 Å². The number of epoxide rings is 1. The molecule has 0 aromatic heterocycles. The molecule has 6 heteroatoms. The van der Waals surface area contributed by atoms with Gasteiger partial charge in [0.25, 0.3) is 5.60 Å². The molecular weight excluding hydrogens is 370 g/mol. The van der Waals surface area contributed by atoms with Crippen LogP contribution < -0.4 is 0 Å². The summed E-state index contributed by atoms with van der Waals surface area (Å²) in [5.41, 5.74) is -1.26. The summed E-state index contributed by atoms with van der Waals surface area (Å²) < 4.78 is 16.7. The van der Waals surface area contributed by atoms with Crippen LogP contribution in [0.1, 0.15) is 30.5 Å². The lowest BCUT2D eigenvalue weighted by Crippen LogP contribution is -2.58. The standard InChI is InChI=1S/C23H23NO5/c1-21-15-24(14-16-9-5-3-6-10-16)18(17-11-7-4-8-12-17)13-22(21)23(29-22,19(25)27-2)20(26)28-21/h3-12,18H,13-15H2,1-2H3/t18-,21+,22-,23+/m0/s1. The molecule has 0 N–H and O–H groups in total. The molecule has 3 fully saturated rings. The highest BCUT2D eigenvalue weighted by Crippen LogP contribution is 2.68. The van der Waals surface area contributed by atoms with Gasteiger partial charge >= 0.3 is 11.9 Å². The van der Waals surface area contributed by atoms with E-state index in [1.807, 2.05) is 43.3 Å². The van der Waals surface area contributed by atoms with Crippen molar-refractivity contribution >= 4 is 11.9 Å². The second-order valence-electron chi connectivity index (χ2n) is 8.24. The number of ether oxygens (including phenoxy) is 3. The van der Waals surface area contributed by atoms with Crippen LogP contribution in [0.15, 0.2) is 60.7 Å². The third kappa shape index (κ3) is 2.36. The number of nitrogens with zero attached hydrogens (tertiary/aromatic N) is 1. The Morgan fingerprint density at radius 3 is 2.45 bits per heavy atom. The van der Waals surface area contributed by atoms with E-state index in [1.54, 1.807) is 0 Å². The third-order valence-corrected chi connectivity index (χ3v) is 6.63. The van der Waals surface area contributed by atoms with E-state index in [0.29, 0.717) is 19.5 Å². The quantitative estimate of drug-likeness (QED) is 0.452. The van der Waals surface area contributed by atoms with Gasteiger partial charge in [-0.15, -0.1) is 0 Å². The Kier molecular flexibility index (Phi) is 3.89. The maximum absolute atomic E-state index is 12.7. The van der Waals surface area contributed by atoms with Gasteiger partial charge in [-0.05, 0) is 18.1 Å². The molecule has 0 saturated carbocycles. The van der Waals surface area contributed by atoms with E-state index in [-0.39, 0.29) is 6.04 Å². The number of rotatable bonds is 4. The normalized spacial score (nSPS) is 35.4. The van der Waals surface area contributed by atoms with Crippen LogP contribution >= 0.6 is 0 Å². The zero-order chi connectivity index (χ0) is 20.3. The van der Waals surface area contributed by atoms with Gasteiger partial charge in [-0.1, -0.05) is 60.7 Å². The van der Waals surface area contributed by atoms with E-state index in [1.165, 1.54) is 12.7 Å². The molecule has 0 amide bonds. The summed E-state index contributed by atoms with van der Waals surface area (Å²) >= 11 is 0. The van der Waals surface area contributed by atoms with Crippen molar-refractivity contribution in [1.29, 1.82) is 0 Å². The first-order valence-electron chi connectivity index (χ1n) is 9.81. The number of benzene rings is 2. The molecule has 6 nitrogen and oxygen atoms in total. The largest absolute Gasteiger partial charge is 0.466 e. The molecular formula is C23H23NO5. The summed E-state index contributed by atoms with van der Waals surface area (Å²) in [5, 5.41) is 0. The molecule has 29 heavy (non-hydrogen) atoms. The Hall–Kier alpha value is -2.70. The number of carbonyl (C=O) groups is 2. The summed E-state index contributed by atoms with van der Waals surface area (Å²) in [5.74, 6) is -1.31. The fourth-order valence-corrected chi connectivity index (χ4v) is 5.16. The van der Waals surface area contributed by atoms with Gasteiger partial charge in [-0.2, -0.15) is 0 Å². The summed E-state index contributed by atoms with van der Waals surface area (Å²) in [4.78, 5) is 27.6. The van der Waals surface area contributed by atoms with Crippen molar-refractivity contribution in [2.24, 2.45) is 0 Å². The second-order valence-corrected chi connectivity index (χ2v) is 8.24. The Balaban J connectivity index is 1.55. The number of piperidine rings is 1. The van der Waals surface area contributed by atoms with Gasteiger partial charge in [0.15, 0.2) is 11.2 Å². The number of hydrogen-bond acceptors (Lipinski definition) is 6. The van der Waals surface area contributed by atoms with Gasteiger partial charge in [0, 0.05) is 25.6 Å². The first kappa shape index (κ1) is 18.3. The number of esters is 2. The van der Waals surface area contributed by atoms with Crippen molar-refractivity contribution in [2.45, 2.75) is 42.7 Å². The maximum Gasteiger partial charge on any atom is 0.354 e. The lowest BCUT2D eigenvalue weighted by atomic mass is 9.72. The lowest BCUT2D eigenvalue weighted by Gasteiger charge is -2.46. The van der Waals surface area contributed by atoms with Crippen molar-refractivity contribution in [2.75, 3.05) is 13.7 Å². The molecule has 3 saturated heterocycles. The van der Waals surface area contributed by atoms with Crippen LogP contribution in [-0.4, -0.2) is 47.3 Å². The molecule has 3 aliphatic rings. The topological polar surface area (TPSA) is 68.4 Å². The van der Waals surface area contributed by atoms with E-state index in [4.69, 9.17) is 14.2 Å². The fraction of sp³-hybridized carbons (Fsp3) is 0.391. The van der Waals surface area contributed by atoms with Crippen molar-refractivity contribution < 1.29 is 23.8 Å². The highest BCUT2D eigenvalue weighted by atomic mass is 16.7. The van der Waals surface area contributed by atoms with Crippen molar-refractivity contribution in [1.82, 2.24) is 4.90 Å². The molecule has 3 heterocycles. The van der Waals surface area contributed by atoms with E-state index in [9.17, 15) is 9.59 Å². The lowest BCUT2D eigenvalue weighted by molar-refractivity contribution is -0.179. The predicted octanol–water partition coefficient (Wildman–Crippen LogP) is 2.63. The van der Waals surface area contributed by atoms with Gasteiger partial charge in [-0.3, -0.25) is 4.90 Å². The first-order chi connectivity index (χ1) is 14.0. The van der Waals surface area contributed by atoms with Crippen molar-refractivity contribution in [3.63, 3.8) is 0 Å². The van der Waals surface area contributed by atoms with Crippen LogP contribution in [-0.2, 0) is 30.3 Å². The minimum Gasteiger partial charge on any atom is -0.466 e. The highest BCUT2D eigenvalue weighted by Gasteiger charge is 2.94. The molecule has 3 aliphatic heterocycles. The van der Waals surface area contributed by atoms with Gasteiger partial charge in [0.1, 0.15) is 0 Å². The van der Waals surface area contributed by atoms with Gasteiger partial charge in [-0.25, -0.2) is 9.59 Å². The number of methoxy groups -OCH3 is 1. The monoisotopic (exact) mass is 393 g/mol. The van der Waals surface area contributed by atoms with Crippen LogP contribution in [0, 0.1) is 0 Å². The summed E-state index contributed by atoms with van der Waals surface area (Å²) in [7, 11) is 1.27. The molecule has 2 aromatic carbocycles. The van der Waals surface area contributed by atoms with Crippen molar-refractivity contribution in [3.8, 4) is 0 Å². The SMILES string of the molecule is COC(=O)[C@]12O[C@]13C[C@@H](c1ccccc1)N(Cc1ccccc1)C[C@@]3(C)OC2=O. The minimum absolute atomic E-state index is 0.0227. The Labute approximate surface area is 169 Å². The molecule has 150 valence electrons. The maximum atomic E-state index is 12.7. The predicted molar refractivity (Wildman–Crippen MR) is 104 cm³/mol. The molecule has 1 spiro atoms. The fourth-order valence-electron chi connectivity index (χ4n) is 5.16. The smallest absolute Gasteiger partial charge is 0.354 e. The summed E-state index contributed by atoms with van der Waals surface area (Å²) in [6, 6.07) is 20.3. The van der Waals surface area contributed by atoms with E-state index < -0.39 is 28.7 Å². The summed E-state index contributed by atoms with van der Waals surface area (Å²) in [6.07, 6.45) is 0.473. The highest BCUT2D eigenvalue weighted by molar-refractivity contribution is 6.11. The van der Waals surface area contributed by atoms with E-state index in [2.05, 4.69) is 29.2 Å². The number of likely N-dealkylation sites (tertiary alicyclic amines) is 1. The molecule has 2 aromatic rings. The minimum atomic E-state index is -1.64. The van der Waals surface area contributed by atoms with Gasteiger partial charge < -0.3 is 14.2 Å². The molecule has 0 aliphatic carbocycles. The van der Waals surface area contributed by atoms with Crippen LogP contribution in [0.3, 0.4) is 0 Å². The molecule has 0 radical (unpaired) electrons. The Morgan fingerprint density at radius 1 is 1.14 bits per heavy atom. The zero-order valence-corrected chi connectivity index (χ0v) is 16.5. The molecule has 0 unspecified atom stereocenters. The van der Waals surface area contributed by atoms with Gasteiger partial charge in [0.2, 0.25) is 0 Å². The first-order valence-corrected chi connectivity index (χ1v) is 9.81. The second kappa shape index (κ2) is 6.15. The van der Waals surface area contributed by atoms with Crippen LogP contribution in [0.5, 0.6) is 0 Å². The summed E-state index contributed by atoms with van der Waals surface area (Å²) in [6.45, 7) is 3.03. The average Bonchev–Trinajstić information content (AvgIpc) is 3.38. The molecule has 0 bridgehead atoms. The Bertz CT molecular complexity index is 964. The van der Waals surface area contributed by atoms with Crippen molar-refractivity contribution in [3.05, 3.63) is 71.8 Å². The number of hydrogen-bond donors (Lipinski definition) is 0. The molecule has 4 atom stereocenters. The number of carbonyl (C=O) groups excluding carboxylic acids is 2. The molecule has 5 rings (SSSR count). The average molecular weight is 393 g/mol. The van der Waals surface area contributed by atoms with Crippen LogP contribution in [0.2, 0.25) is 0 Å². The third-order valence-electron chi connectivity index (χ3n) is 6.63. The zero-order valence-electron chi connectivity index (χ0n) is 16.5. The van der Waals surface area contributed by atoms with E-state index >= 15 is 0 Å².